The number of aromatic nitrogens is 5. The largest absolute Gasteiger partial charge is 0.481 e. The van der Waals surface area contributed by atoms with Crippen LogP contribution < -0.4 is 4.74 Å². The molecule has 0 unspecified atom stereocenters. The number of ether oxygens (including phenoxy) is 1. The van der Waals surface area contributed by atoms with E-state index in [4.69, 9.17) is 4.74 Å². The lowest BCUT2D eigenvalue weighted by Gasteiger charge is -1.96. The van der Waals surface area contributed by atoms with Gasteiger partial charge >= 0.3 is 0 Å². The third-order valence-electron chi connectivity index (χ3n) is 3.28. The Kier molecular flexibility index (Phi) is 2.51. The Morgan fingerprint density at radius 3 is 2.63 bits per heavy atom. The number of pyridine rings is 1. The molecule has 0 atom stereocenters. The summed E-state index contributed by atoms with van der Waals surface area (Å²) >= 11 is 0. The van der Waals surface area contributed by atoms with Gasteiger partial charge in [-0.3, -0.25) is 4.68 Å². The Balaban J connectivity index is 2.20. The van der Waals surface area contributed by atoms with Crippen molar-refractivity contribution in [2.45, 2.75) is 13.8 Å². The molecule has 0 bridgehead atoms. The summed E-state index contributed by atoms with van der Waals surface area (Å²) in [6, 6.07) is 3.73. The molecule has 0 aliphatic rings. The van der Waals surface area contributed by atoms with E-state index in [0.717, 1.165) is 28.3 Å². The molecule has 0 aliphatic heterocycles. The first-order chi connectivity index (χ1) is 9.10. The molecular formula is C13H15N5O. The number of aromatic amines is 1. The van der Waals surface area contributed by atoms with Gasteiger partial charge in [0.05, 0.1) is 23.9 Å². The van der Waals surface area contributed by atoms with Crippen LogP contribution in [0.2, 0.25) is 0 Å². The fraction of sp³-hybridized carbons (Fsp3) is 0.308. The van der Waals surface area contributed by atoms with Crippen LogP contribution in [0.3, 0.4) is 0 Å². The minimum atomic E-state index is 0.560. The third-order valence-corrected chi connectivity index (χ3v) is 3.28. The number of aryl methyl sites for hydroxylation is 2. The summed E-state index contributed by atoms with van der Waals surface area (Å²) < 4.78 is 6.96. The highest BCUT2D eigenvalue weighted by Crippen LogP contribution is 2.26. The fourth-order valence-electron chi connectivity index (χ4n) is 2.22. The summed E-state index contributed by atoms with van der Waals surface area (Å²) in [5.41, 5.74) is 4.59. The van der Waals surface area contributed by atoms with E-state index in [1.54, 1.807) is 7.11 Å². The molecular weight excluding hydrogens is 242 g/mol. The van der Waals surface area contributed by atoms with Gasteiger partial charge in [0.1, 0.15) is 5.82 Å². The quantitative estimate of drug-likeness (QED) is 0.762. The van der Waals surface area contributed by atoms with Gasteiger partial charge in [-0.25, -0.2) is 4.98 Å². The maximum Gasteiger partial charge on any atom is 0.215 e. The molecule has 0 amide bonds. The van der Waals surface area contributed by atoms with Crippen LogP contribution in [-0.4, -0.2) is 31.8 Å². The number of imidazole rings is 1. The summed E-state index contributed by atoms with van der Waals surface area (Å²) in [5.74, 6) is 1.35. The SMILES string of the molecule is COc1ccc2[nH]c(-c3c(C)nn(C)c3C)nc2n1. The fourth-order valence-corrected chi connectivity index (χ4v) is 2.22. The zero-order chi connectivity index (χ0) is 13.6. The standard InChI is InChI=1S/C13H15N5O/c1-7-11(8(2)18(3)17-7)13-14-9-5-6-10(19-4)15-12(9)16-13/h5-6H,1-4H3,(H,14,15,16). The minimum Gasteiger partial charge on any atom is -0.481 e. The summed E-state index contributed by atoms with van der Waals surface area (Å²) in [4.78, 5) is 12.1. The van der Waals surface area contributed by atoms with E-state index in [2.05, 4.69) is 20.1 Å². The molecule has 19 heavy (non-hydrogen) atoms. The monoisotopic (exact) mass is 257 g/mol. The lowest BCUT2D eigenvalue weighted by atomic mass is 10.2. The van der Waals surface area contributed by atoms with E-state index in [1.807, 2.05) is 37.7 Å². The molecule has 3 heterocycles. The number of H-pyrrole nitrogens is 1. The Bertz CT molecular complexity index is 756. The second-order valence-electron chi connectivity index (χ2n) is 4.48. The van der Waals surface area contributed by atoms with Crippen molar-refractivity contribution in [1.29, 1.82) is 0 Å². The van der Waals surface area contributed by atoms with Crippen molar-refractivity contribution < 1.29 is 4.74 Å². The first kappa shape index (κ1) is 11.7. The molecule has 3 rings (SSSR count). The maximum atomic E-state index is 5.11. The van der Waals surface area contributed by atoms with Crippen LogP contribution in [0, 0.1) is 13.8 Å². The predicted molar refractivity (Wildman–Crippen MR) is 72.1 cm³/mol. The Hall–Kier alpha value is -2.37. The average molecular weight is 257 g/mol. The van der Waals surface area contributed by atoms with Crippen molar-refractivity contribution in [2.75, 3.05) is 7.11 Å². The molecule has 3 aromatic rings. The molecule has 0 saturated carbocycles. The highest BCUT2D eigenvalue weighted by Gasteiger charge is 2.15. The van der Waals surface area contributed by atoms with Gasteiger partial charge in [-0.15, -0.1) is 0 Å². The van der Waals surface area contributed by atoms with Crippen molar-refractivity contribution in [1.82, 2.24) is 24.7 Å². The van der Waals surface area contributed by atoms with Crippen LogP contribution in [0.5, 0.6) is 5.88 Å². The van der Waals surface area contributed by atoms with Crippen LogP contribution >= 0.6 is 0 Å². The first-order valence-electron chi connectivity index (χ1n) is 6.01. The smallest absolute Gasteiger partial charge is 0.215 e. The Labute approximate surface area is 110 Å². The molecule has 3 aromatic heterocycles. The molecule has 0 fully saturated rings. The second-order valence-corrected chi connectivity index (χ2v) is 4.48. The van der Waals surface area contributed by atoms with Gasteiger partial charge < -0.3 is 9.72 Å². The Morgan fingerprint density at radius 2 is 2.00 bits per heavy atom. The summed E-state index contributed by atoms with van der Waals surface area (Å²) in [6.45, 7) is 4.00. The van der Waals surface area contributed by atoms with Crippen LogP contribution in [0.25, 0.3) is 22.6 Å². The lowest BCUT2D eigenvalue weighted by molar-refractivity contribution is 0.399. The number of hydrogen-bond donors (Lipinski definition) is 1. The van der Waals surface area contributed by atoms with Crippen molar-refractivity contribution in [3.63, 3.8) is 0 Å². The molecule has 1 N–H and O–H groups in total. The second kappa shape index (κ2) is 4.08. The zero-order valence-corrected chi connectivity index (χ0v) is 11.4. The van der Waals surface area contributed by atoms with Gasteiger partial charge in [-0.1, -0.05) is 0 Å². The van der Waals surface area contributed by atoms with Gasteiger partial charge in [0.25, 0.3) is 0 Å². The third kappa shape index (κ3) is 1.76. The molecule has 0 aliphatic carbocycles. The van der Waals surface area contributed by atoms with Crippen LogP contribution in [-0.2, 0) is 7.05 Å². The van der Waals surface area contributed by atoms with E-state index >= 15 is 0 Å². The summed E-state index contributed by atoms with van der Waals surface area (Å²) in [5, 5.41) is 4.40. The molecule has 6 heteroatoms. The normalized spacial score (nSPS) is 11.2. The molecule has 0 radical (unpaired) electrons. The van der Waals surface area contributed by atoms with Gasteiger partial charge in [0.2, 0.25) is 5.88 Å². The van der Waals surface area contributed by atoms with E-state index in [1.165, 1.54) is 0 Å². The molecule has 0 spiro atoms. The Morgan fingerprint density at radius 1 is 1.21 bits per heavy atom. The van der Waals surface area contributed by atoms with Crippen molar-refractivity contribution in [2.24, 2.45) is 7.05 Å². The average Bonchev–Trinajstić information content (AvgIpc) is 2.90. The topological polar surface area (TPSA) is 68.6 Å². The van der Waals surface area contributed by atoms with Gasteiger partial charge in [0.15, 0.2) is 5.65 Å². The lowest BCUT2D eigenvalue weighted by Crippen LogP contribution is -1.92. The van der Waals surface area contributed by atoms with Gasteiger partial charge in [0, 0.05) is 18.8 Å². The maximum absolute atomic E-state index is 5.11. The zero-order valence-electron chi connectivity index (χ0n) is 11.4. The summed E-state index contributed by atoms with van der Waals surface area (Å²) in [6.07, 6.45) is 0. The van der Waals surface area contributed by atoms with Crippen LogP contribution in [0.15, 0.2) is 12.1 Å². The highest BCUT2D eigenvalue weighted by molar-refractivity contribution is 5.77. The van der Waals surface area contributed by atoms with E-state index in [-0.39, 0.29) is 0 Å². The molecule has 98 valence electrons. The number of fused-ring (bicyclic) bond motifs is 1. The predicted octanol–water partition coefficient (Wildman–Crippen LogP) is 1.98. The van der Waals surface area contributed by atoms with Gasteiger partial charge in [-0.05, 0) is 19.9 Å². The highest BCUT2D eigenvalue weighted by atomic mass is 16.5. The van der Waals surface area contributed by atoms with E-state index < -0.39 is 0 Å². The van der Waals surface area contributed by atoms with E-state index in [9.17, 15) is 0 Å². The summed E-state index contributed by atoms with van der Waals surface area (Å²) in [7, 11) is 3.52. The number of nitrogens with one attached hydrogen (secondary N) is 1. The molecule has 6 nitrogen and oxygen atoms in total. The van der Waals surface area contributed by atoms with Crippen LogP contribution in [0.4, 0.5) is 0 Å². The van der Waals surface area contributed by atoms with Crippen molar-refractivity contribution in [3.8, 4) is 17.3 Å². The first-order valence-corrected chi connectivity index (χ1v) is 6.01. The van der Waals surface area contributed by atoms with Crippen LogP contribution in [0.1, 0.15) is 11.4 Å². The molecule has 0 aromatic carbocycles. The number of nitrogens with zero attached hydrogens (tertiary/aromatic N) is 4. The van der Waals surface area contributed by atoms with Crippen molar-refractivity contribution in [3.05, 3.63) is 23.5 Å². The van der Waals surface area contributed by atoms with Gasteiger partial charge in [-0.2, -0.15) is 10.1 Å². The number of methoxy groups -OCH3 is 1. The number of hydrogen-bond acceptors (Lipinski definition) is 4. The molecule has 0 saturated heterocycles. The number of rotatable bonds is 2. The minimum absolute atomic E-state index is 0.560. The van der Waals surface area contributed by atoms with E-state index in [0.29, 0.717) is 11.5 Å². The van der Waals surface area contributed by atoms with Crippen molar-refractivity contribution >= 4 is 11.2 Å².